The Morgan fingerprint density at radius 3 is 2.67 bits per heavy atom. The van der Waals surface area contributed by atoms with Gasteiger partial charge < -0.3 is 9.47 Å². The second-order valence-corrected chi connectivity index (χ2v) is 8.17. The highest BCUT2D eigenvalue weighted by atomic mass is 19.1. The predicted octanol–water partition coefficient (Wildman–Crippen LogP) is 4.79. The van der Waals surface area contributed by atoms with Crippen molar-refractivity contribution in [2.45, 2.75) is 51.7 Å². The van der Waals surface area contributed by atoms with Gasteiger partial charge in [-0.15, -0.1) is 0 Å². The van der Waals surface area contributed by atoms with Gasteiger partial charge >= 0.3 is 0 Å². The number of benzene rings is 2. The van der Waals surface area contributed by atoms with E-state index in [1.165, 1.54) is 12.1 Å². The summed E-state index contributed by atoms with van der Waals surface area (Å²) in [5.41, 5.74) is 2.65. The van der Waals surface area contributed by atoms with Crippen LogP contribution < -0.4 is 0 Å². The van der Waals surface area contributed by atoms with Crippen LogP contribution in [0.15, 0.2) is 48.5 Å². The lowest BCUT2D eigenvalue weighted by molar-refractivity contribution is -0.129. The van der Waals surface area contributed by atoms with Gasteiger partial charge in [-0.25, -0.2) is 9.37 Å². The number of hydrogen-bond donors (Lipinski definition) is 0. The molecule has 27 heavy (non-hydrogen) atoms. The molecular weight excluding hydrogens is 341 g/mol. The number of nitrogens with zero attached hydrogens (tertiary/aromatic N) is 3. The van der Waals surface area contributed by atoms with Crippen LogP contribution in [0.3, 0.4) is 0 Å². The van der Waals surface area contributed by atoms with Crippen molar-refractivity contribution in [2.75, 3.05) is 0 Å². The molecule has 2 heterocycles. The number of para-hydroxylation sites is 2. The molecule has 3 aromatic rings. The number of amides is 1. The zero-order valence-corrected chi connectivity index (χ0v) is 15.9. The Kier molecular flexibility index (Phi) is 4.25. The zero-order valence-electron chi connectivity index (χ0n) is 15.9. The first-order valence-electron chi connectivity index (χ1n) is 9.36. The molecule has 0 aliphatic carbocycles. The number of imidazole rings is 1. The van der Waals surface area contributed by atoms with E-state index in [1.54, 1.807) is 6.07 Å². The van der Waals surface area contributed by atoms with Crippen molar-refractivity contribution in [3.05, 3.63) is 65.7 Å². The molecule has 1 aliphatic rings. The molecule has 0 radical (unpaired) electrons. The highest BCUT2D eigenvalue weighted by Gasteiger charge is 2.37. The van der Waals surface area contributed by atoms with Crippen molar-refractivity contribution < 1.29 is 9.18 Å². The molecule has 0 N–H and O–H groups in total. The first kappa shape index (κ1) is 17.7. The highest BCUT2D eigenvalue weighted by Crippen LogP contribution is 2.37. The average Bonchev–Trinajstić information content (AvgIpc) is 3.15. The van der Waals surface area contributed by atoms with Gasteiger partial charge in [0.25, 0.3) is 0 Å². The average molecular weight is 365 g/mol. The Hall–Kier alpha value is -2.69. The second kappa shape index (κ2) is 6.48. The summed E-state index contributed by atoms with van der Waals surface area (Å²) in [5, 5.41) is 0. The summed E-state index contributed by atoms with van der Waals surface area (Å²) in [7, 11) is 0. The number of carbonyl (C=O) groups excluding carboxylic acids is 1. The maximum absolute atomic E-state index is 13.6. The van der Waals surface area contributed by atoms with E-state index >= 15 is 0 Å². The van der Waals surface area contributed by atoms with Crippen molar-refractivity contribution in [1.82, 2.24) is 14.5 Å². The predicted molar refractivity (Wildman–Crippen MR) is 104 cm³/mol. The second-order valence-electron chi connectivity index (χ2n) is 8.17. The van der Waals surface area contributed by atoms with E-state index in [2.05, 4.69) is 31.4 Å². The summed E-state index contributed by atoms with van der Waals surface area (Å²) < 4.78 is 15.8. The fourth-order valence-corrected chi connectivity index (χ4v) is 4.01. The van der Waals surface area contributed by atoms with Gasteiger partial charge in [0.05, 0.1) is 17.1 Å². The van der Waals surface area contributed by atoms with Crippen LogP contribution in [0.2, 0.25) is 0 Å². The molecule has 0 saturated carbocycles. The van der Waals surface area contributed by atoms with Crippen molar-refractivity contribution in [2.24, 2.45) is 0 Å². The molecule has 0 spiro atoms. The number of likely N-dealkylation sites (tertiary alicyclic amines) is 1. The summed E-state index contributed by atoms with van der Waals surface area (Å²) >= 11 is 0. The van der Waals surface area contributed by atoms with Gasteiger partial charge in [0.1, 0.15) is 11.6 Å². The van der Waals surface area contributed by atoms with Crippen LogP contribution in [0.25, 0.3) is 11.0 Å². The van der Waals surface area contributed by atoms with Gasteiger partial charge in [-0.3, -0.25) is 4.79 Å². The quantitative estimate of drug-likeness (QED) is 0.669. The molecule has 1 unspecified atom stereocenters. The highest BCUT2D eigenvalue weighted by molar-refractivity contribution is 5.80. The fraction of sp³-hybridized carbons (Fsp3) is 0.364. The topological polar surface area (TPSA) is 38.1 Å². The largest absolute Gasteiger partial charge is 0.328 e. The molecule has 1 fully saturated rings. The SMILES string of the molecule is CC(C)(C)n1c(C2CCC(=O)N2Cc2cccc(F)c2)nc2ccccc21. The van der Waals surface area contributed by atoms with E-state index in [1.807, 2.05) is 29.2 Å². The number of aromatic nitrogens is 2. The summed E-state index contributed by atoms with van der Waals surface area (Å²) in [4.78, 5) is 19.4. The Balaban J connectivity index is 1.78. The molecule has 4 rings (SSSR count). The van der Waals surface area contributed by atoms with E-state index in [0.29, 0.717) is 13.0 Å². The first-order chi connectivity index (χ1) is 12.8. The standard InChI is InChI=1S/C22H24FN3O/c1-22(2,3)26-18-10-5-4-9-17(18)24-21(26)19-11-12-20(27)25(19)14-15-7-6-8-16(23)13-15/h4-10,13,19H,11-12,14H2,1-3H3. The number of rotatable bonds is 3. The van der Waals surface area contributed by atoms with Gasteiger partial charge in [0.2, 0.25) is 5.91 Å². The number of halogens is 1. The molecule has 1 saturated heterocycles. The van der Waals surface area contributed by atoms with Gasteiger partial charge in [0.15, 0.2) is 0 Å². The lowest BCUT2D eigenvalue weighted by atomic mass is 10.1. The van der Waals surface area contributed by atoms with Crippen LogP contribution >= 0.6 is 0 Å². The molecular formula is C22H24FN3O. The maximum Gasteiger partial charge on any atom is 0.223 e. The van der Waals surface area contributed by atoms with Crippen LogP contribution in [0.1, 0.15) is 51.0 Å². The third kappa shape index (κ3) is 3.22. The van der Waals surface area contributed by atoms with Crippen LogP contribution in [-0.4, -0.2) is 20.4 Å². The van der Waals surface area contributed by atoms with Crippen LogP contribution in [-0.2, 0) is 16.9 Å². The molecule has 140 valence electrons. The van der Waals surface area contributed by atoms with Gasteiger partial charge in [-0.2, -0.15) is 0 Å². The van der Waals surface area contributed by atoms with Gasteiger partial charge in [0, 0.05) is 18.5 Å². The first-order valence-corrected chi connectivity index (χ1v) is 9.36. The van der Waals surface area contributed by atoms with E-state index in [-0.39, 0.29) is 23.3 Å². The van der Waals surface area contributed by atoms with Crippen LogP contribution in [0.5, 0.6) is 0 Å². The summed E-state index contributed by atoms with van der Waals surface area (Å²) in [5.74, 6) is 0.723. The lowest BCUT2D eigenvalue weighted by Crippen LogP contribution is -2.32. The monoisotopic (exact) mass is 365 g/mol. The number of fused-ring (bicyclic) bond motifs is 1. The minimum atomic E-state index is -0.280. The Labute approximate surface area is 158 Å². The van der Waals surface area contributed by atoms with E-state index < -0.39 is 0 Å². The minimum absolute atomic E-state index is 0.0942. The molecule has 1 atom stereocenters. The van der Waals surface area contributed by atoms with E-state index in [4.69, 9.17) is 4.98 Å². The molecule has 5 heteroatoms. The van der Waals surface area contributed by atoms with Crippen LogP contribution in [0, 0.1) is 5.82 Å². The minimum Gasteiger partial charge on any atom is -0.328 e. The summed E-state index contributed by atoms with van der Waals surface area (Å²) in [6, 6.07) is 14.4. The molecule has 2 aromatic carbocycles. The fourth-order valence-electron chi connectivity index (χ4n) is 4.01. The smallest absolute Gasteiger partial charge is 0.223 e. The van der Waals surface area contributed by atoms with E-state index in [9.17, 15) is 9.18 Å². The zero-order chi connectivity index (χ0) is 19.2. The lowest BCUT2D eigenvalue weighted by Gasteiger charge is -2.30. The molecule has 1 aromatic heterocycles. The Morgan fingerprint density at radius 1 is 1.15 bits per heavy atom. The third-order valence-electron chi connectivity index (χ3n) is 5.13. The molecule has 0 bridgehead atoms. The molecule has 1 amide bonds. The third-order valence-corrected chi connectivity index (χ3v) is 5.13. The van der Waals surface area contributed by atoms with E-state index in [0.717, 1.165) is 28.8 Å². The Bertz CT molecular complexity index is 1000. The van der Waals surface area contributed by atoms with Crippen molar-refractivity contribution in [1.29, 1.82) is 0 Å². The summed E-state index contributed by atoms with van der Waals surface area (Å²) in [6.07, 6.45) is 1.22. The van der Waals surface area contributed by atoms with Crippen LogP contribution in [0.4, 0.5) is 4.39 Å². The molecule has 1 aliphatic heterocycles. The number of hydrogen-bond acceptors (Lipinski definition) is 2. The molecule has 4 nitrogen and oxygen atoms in total. The van der Waals surface area contributed by atoms with Gasteiger partial charge in [-0.1, -0.05) is 24.3 Å². The Morgan fingerprint density at radius 2 is 1.93 bits per heavy atom. The number of carbonyl (C=O) groups is 1. The van der Waals surface area contributed by atoms with Gasteiger partial charge in [-0.05, 0) is 57.0 Å². The van der Waals surface area contributed by atoms with Crippen molar-refractivity contribution >= 4 is 16.9 Å². The normalized spacial score (nSPS) is 17.9. The van der Waals surface area contributed by atoms with Crippen molar-refractivity contribution in [3.8, 4) is 0 Å². The van der Waals surface area contributed by atoms with Crippen molar-refractivity contribution in [3.63, 3.8) is 0 Å². The maximum atomic E-state index is 13.6. The summed E-state index contributed by atoms with van der Waals surface area (Å²) in [6.45, 7) is 6.85.